The van der Waals surface area contributed by atoms with Crippen molar-refractivity contribution in [2.24, 2.45) is 0 Å². The fourth-order valence-corrected chi connectivity index (χ4v) is 2.24. The van der Waals surface area contributed by atoms with Crippen molar-refractivity contribution in [3.8, 4) is 11.5 Å². The molecule has 0 fully saturated rings. The van der Waals surface area contributed by atoms with Gasteiger partial charge in [-0.1, -0.05) is 37.8 Å². The number of halogens is 1. The summed E-state index contributed by atoms with van der Waals surface area (Å²) in [7, 11) is 3.26. The van der Waals surface area contributed by atoms with Gasteiger partial charge in [0.05, 0.1) is 24.9 Å². The van der Waals surface area contributed by atoms with Crippen LogP contribution in [0.2, 0.25) is 5.02 Å². The van der Waals surface area contributed by atoms with E-state index in [0.29, 0.717) is 16.8 Å². The molecule has 3 nitrogen and oxygen atoms in total. The van der Waals surface area contributed by atoms with E-state index in [1.807, 2.05) is 6.07 Å². The quantitative estimate of drug-likeness (QED) is 0.700. The van der Waals surface area contributed by atoms with E-state index in [4.69, 9.17) is 21.1 Å². The van der Waals surface area contributed by atoms with E-state index in [2.05, 4.69) is 19.2 Å². The van der Waals surface area contributed by atoms with Gasteiger partial charge in [0.1, 0.15) is 11.5 Å². The maximum absolute atomic E-state index is 6.09. The molecule has 0 spiro atoms. The van der Waals surface area contributed by atoms with Crippen LogP contribution in [0.3, 0.4) is 0 Å². The number of rotatable bonds is 8. The maximum Gasteiger partial charge on any atom is 0.143 e. The summed E-state index contributed by atoms with van der Waals surface area (Å²) < 4.78 is 10.6. The summed E-state index contributed by atoms with van der Waals surface area (Å²) >= 11 is 6.09. The van der Waals surface area contributed by atoms with Crippen molar-refractivity contribution in [2.75, 3.05) is 19.5 Å². The van der Waals surface area contributed by atoms with Crippen molar-refractivity contribution in [1.82, 2.24) is 0 Å². The zero-order valence-corrected chi connectivity index (χ0v) is 13.0. The Morgan fingerprint density at radius 2 is 1.84 bits per heavy atom. The first kappa shape index (κ1) is 16.0. The largest absolute Gasteiger partial charge is 0.495 e. The molecule has 1 rings (SSSR count). The van der Waals surface area contributed by atoms with E-state index >= 15 is 0 Å². The average molecular weight is 286 g/mol. The van der Waals surface area contributed by atoms with E-state index in [-0.39, 0.29) is 0 Å². The summed E-state index contributed by atoms with van der Waals surface area (Å²) in [6.07, 6.45) is 4.89. The molecule has 1 aromatic carbocycles. The predicted octanol–water partition coefficient (Wildman–Crippen LogP) is 4.74. The molecule has 0 bridgehead atoms. The number of anilines is 1. The number of hydrogen-bond donors (Lipinski definition) is 1. The number of hydrogen-bond acceptors (Lipinski definition) is 3. The summed E-state index contributed by atoms with van der Waals surface area (Å²) in [6.45, 7) is 4.39. The first-order valence-corrected chi connectivity index (χ1v) is 7.18. The third kappa shape index (κ3) is 4.83. The van der Waals surface area contributed by atoms with Crippen molar-refractivity contribution in [3.05, 3.63) is 17.2 Å². The lowest BCUT2D eigenvalue weighted by Crippen LogP contribution is -2.15. The molecule has 0 aliphatic rings. The van der Waals surface area contributed by atoms with E-state index in [9.17, 15) is 0 Å². The van der Waals surface area contributed by atoms with Crippen LogP contribution < -0.4 is 14.8 Å². The molecule has 1 unspecified atom stereocenters. The smallest absolute Gasteiger partial charge is 0.143 e. The lowest BCUT2D eigenvalue weighted by atomic mass is 10.1. The molecule has 1 N–H and O–H groups in total. The van der Waals surface area contributed by atoms with Crippen LogP contribution in [0.5, 0.6) is 11.5 Å². The standard InChI is InChI=1S/C15H24ClNO2/c1-5-6-7-8-11(2)17-13-10-14(18-3)12(16)9-15(13)19-4/h9-11,17H,5-8H2,1-4H3. The van der Waals surface area contributed by atoms with Crippen LogP contribution in [0, 0.1) is 0 Å². The van der Waals surface area contributed by atoms with E-state index in [1.165, 1.54) is 19.3 Å². The second-order valence-electron chi connectivity index (χ2n) is 4.73. The highest BCUT2D eigenvalue weighted by atomic mass is 35.5. The normalized spacial score (nSPS) is 12.1. The molecular weight excluding hydrogens is 262 g/mol. The van der Waals surface area contributed by atoms with E-state index in [1.54, 1.807) is 20.3 Å². The predicted molar refractivity (Wildman–Crippen MR) is 81.8 cm³/mol. The Hall–Kier alpha value is -1.09. The van der Waals surface area contributed by atoms with Crippen LogP contribution in [0.1, 0.15) is 39.5 Å². The van der Waals surface area contributed by atoms with Gasteiger partial charge in [-0.3, -0.25) is 0 Å². The fraction of sp³-hybridized carbons (Fsp3) is 0.600. The van der Waals surface area contributed by atoms with Crippen LogP contribution in [0.15, 0.2) is 12.1 Å². The first-order chi connectivity index (χ1) is 9.12. The molecule has 0 radical (unpaired) electrons. The van der Waals surface area contributed by atoms with Crippen molar-refractivity contribution in [1.29, 1.82) is 0 Å². The second-order valence-corrected chi connectivity index (χ2v) is 5.14. The minimum atomic E-state index is 0.395. The Morgan fingerprint density at radius 3 is 2.42 bits per heavy atom. The summed E-state index contributed by atoms with van der Waals surface area (Å²) in [5.74, 6) is 1.40. The highest BCUT2D eigenvalue weighted by molar-refractivity contribution is 6.32. The van der Waals surface area contributed by atoms with Crippen LogP contribution in [0.4, 0.5) is 5.69 Å². The number of ether oxygens (including phenoxy) is 2. The van der Waals surface area contributed by atoms with E-state index < -0.39 is 0 Å². The molecule has 1 aromatic rings. The molecule has 0 aliphatic heterocycles. The van der Waals surface area contributed by atoms with Gasteiger partial charge in [0.15, 0.2) is 0 Å². The molecule has 108 valence electrons. The van der Waals surface area contributed by atoms with E-state index in [0.717, 1.165) is 17.9 Å². The van der Waals surface area contributed by atoms with Crippen LogP contribution in [-0.2, 0) is 0 Å². The van der Waals surface area contributed by atoms with Gasteiger partial charge in [0.2, 0.25) is 0 Å². The van der Waals surface area contributed by atoms with Crippen LogP contribution in [-0.4, -0.2) is 20.3 Å². The Kier molecular flexibility index (Phi) is 6.85. The highest BCUT2D eigenvalue weighted by Crippen LogP contribution is 2.36. The van der Waals surface area contributed by atoms with Gasteiger partial charge < -0.3 is 14.8 Å². The molecule has 0 aliphatic carbocycles. The van der Waals surface area contributed by atoms with Gasteiger partial charge in [-0.2, -0.15) is 0 Å². The third-order valence-electron chi connectivity index (χ3n) is 3.12. The zero-order valence-electron chi connectivity index (χ0n) is 12.3. The number of nitrogens with one attached hydrogen (secondary N) is 1. The lowest BCUT2D eigenvalue weighted by molar-refractivity contribution is 0.404. The van der Waals surface area contributed by atoms with Crippen molar-refractivity contribution in [3.63, 3.8) is 0 Å². The highest BCUT2D eigenvalue weighted by Gasteiger charge is 2.11. The molecule has 0 heterocycles. The molecular formula is C15H24ClNO2. The SMILES string of the molecule is CCCCCC(C)Nc1cc(OC)c(Cl)cc1OC. The summed E-state index contributed by atoms with van der Waals surface area (Å²) in [6, 6.07) is 4.06. The van der Waals surface area contributed by atoms with Gasteiger partial charge >= 0.3 is 0 Å². The monoisotopic (exact) mass is 285 g/mol. The van der Waals surface area contributed by atoms with Gasteiger partial charge in [-0.15, -0.1) is 0 Å². The molecule has 19 heavy (non-hydrogen) atoms. The number of benzene rings is 1. The zero-order chi connectivity index (χ0) is 14.3. The minimum absolute atomic E-state index is 0.395. The maximum atomic E-state index is 6.09. The topological polar surface area (TPSA) is 30.5 Å². The van der Waals surface area contributed by atoms with Crippen molar-refractivity contribution >= 4 is 17.3 Å². The van der Waals surface area contributed by atoms with Crippen LogP contribution >= 0.6 is 11.6 Å². The van der Waals surface area contributed by atoms with Gasteiger partial charge in [-0.05, 0) is 13.3 Å². The molecule has 1 atom stereocenters. The van der Waals surface area contributed by atoms with Gasteiger partial charge in [0, 0.05) is 18.2 Å². The average Bonchev–Trinajstić information content (AvgIpc) is 2.40. The lowest BCUT2D eigenvalue weighted by Gasteiger charge is -2.18. The molecule has 0 amide bonds. The van der Waals surface area contributed by atoms with Crippen LogP contribution in [0.25, 0.3) is 0 Å². The third-order valence-corrected chi connectivity index (χ3v) is 3.41. The first-order valence-electron chi connectivity index (χ1n) is 6.80. The fourth-order valence-electron chi connectivity index (χ4n) is 2.01. The Morgan fingerprint density at radius 1 is 1.16 bits per heavy atom. The van der Waals surface area contributed by atoms with Crippen molar-refractivity contribution in [2.45, 2.75) is 45.6 Å². The Balaban J connectivity index is 2.75. The second kappa shape index (κ2) is 8.16. The minimum Gasteiger partial charge on any atom is -0.495 e. The molecule has 0 aromatic heterocycles. The Bertz CT molecular complexity index is 396. The number of unbranched alkanes of at least 4 members (excludes halogenated alkanes) is 2. The summed E-state index contributed by atoms with van der Waals surface area (Å²) in [5.41, 5.74) is 0.924. The number of methoxy groups -OCH3 is 2. The van der Waals surface area contributed by atoms with Gasteiger partial charge in [0.25, 0.3) is 0 Å². The Labute approximate surface area is 121 Å². The summed E-state index contributed by atoms with van der Waals surface area (Å²) in [4.78, 5) is 0. The molecule has 0 saturated heterocycles. The van der Waals surface area contributed by atoms with Crippen molar-refractivity contribution < 1.29 is 9.47 Å². The van der Waals surface area contributed by atoms with Gasteiger partial charge in [-0.25, -0.2) is 0 Å². The molecule has 4 heteroatoms. The molecule has 0 saturated carbocycles. The summed E-state index contributed by atoms with van der Waals surface area (Å²) in [5, 5.41) is 4.02.